The van der Waals surface area contributed by atoms with E-state index < -0.39 is 11.9 Å². The van der Waals surface area contributed by atoms with Crippen LogP contribution in [0.2, 0.25) is 0 Å². The van der Waals surface area contributed by atoms with Gasteiger partial charge in [0.15, 0.2) is 17.2 Å². The zero-order chi connectivity index (χ0) is 16.4. The third-order valence-electron chi connectivity index (χ3n) is 3.44. The van der Waals surface area contributed by atoms with Crippen LogP contribution in [0.4, 0.5) is 13.2 Å². The Hall–Kier alpha value is -2.22. The molecule has 0 radical (unpaired) electrons. The number of nitrogens with zero attached hydrogens (tertiary/aromatic N) is 2. The van der Waals surface area contributed by atoms with Crippen molar-refractivity contribution in [3.05, 3.63) is 41.2 Å². The highest BCUT2D eigenvalue weighted by Gasteiger charge is 2.36. The minimum Gasteiger partial charge on any atom is -0.486 e. The van der Waals surface area contributed by atoms with Gasteiger partial charge in [-0.25, -0.2) is 0 Å². The van der Waals surface area contributed by atoms with E-state index in [-0.39, 0.29) is 25.1 Å². The SMILES string of the molecule is OCCc1cn(Cc2ccc3c(c2)OCCO3)nc1C(F)(F)F. The lowest BCUT2D eigenvalue weighted by molar-refractivity contribution is -0.142. The van der Waals surface area contributed by atoms with E-state index in [1.54, 1.807) is 18.2 Å². The number of rotatable bonds is 4. The number of alkyl halides is 3. The van der Waals surface area contributed by atoms with Gasteiger partial charge in [-0.2, -0.15) is 18.3 Å². The van der Waals surface area contributed by atoms with Crippen LogP contribution in [0.15, 0.2) is 24.4 Å². The third-order valence-corrected chi connectivity index (χ3v) is 3.44. The third kappa shape index (κ3) is 3.42. The van der Waals surface area contributed by atoms with Crippen LogP contribution >= 0.6 is 0 Å². The van der Waals surface area contributed by atoms with Crippen molar-refractivity contribution in [3.8, 4) is 11.5 Å². The first kappa shape index (κ1) is 15.7. The van der Waals surface area contributed by atoms with Crippen molar-refractivity contribution in [3.63, 3.8) is 0 Å². The van der Waals surface area contributed by atoms with Crippen molar-refractivity contribution in [2.24, 2.45) is 0 Å². The number of benzene rings is 1. The molecule has 0 saturated carbocycles. The summed E-state index contributed by atoms with van der Waals surface area (Å²) in [6.07, 6.45) is -3.31. The van der Waals surface area contributed by atoms with Crippen molar-refractivity contribution in [2.45, 2.75) is 19.1 Å². The molecule has 8 heteroatoms. The fourth-order valence-corrected chi connectivity index (χ4v) is 2.46. The molecular weight excluding hydrogens is 313 g/mol. The summed E-state index contributed by atoms with van der Waals surface area (Å²) in [5.74, 6) is 1.20. The van der Waals surface area contributed by atoms with E-state index >= 15 is 0 Å². The number of ether oxygens (including phenoxy) is 2. The van der Waals surface area contributed by atoms with Crippen molar-refractivity contribution in [1.82, 2.24) is 9.78 Å². The first-order valence-electron chi connectivity index (χ1n) is 7.10. The molecule has 1 aliphatic rings. The predicted molar refractivity (Wildman–Crippen MR) is 74.6 cm³/mol. The second-order valence-electron chi connectivity index (χ2n) is 5.15. The molecule has 23 heavy (non-hydrogen) atoms. The molecule has 1 N–H and O–H groups in total. The fraction of sp³-hybridized carbons (Fsp3) is 0.400. The summed E-state index contributed by atoms with van der Waals surface area (Å²) in [6, 6.07) is 5.22. The lowest BCUT2D eigenvalue weighted by atomic mass is 10.2. The molecule has 0 atom stereocenters. The van der Waals surface area contributed by atoms with Crippen molar-refractivity contribution >= 4 is 0 Å². The second kappa shape index (κ2) is 6.11. The highest BCUT2D eigenvalue weighted by atomic mass is 19.4. The van der Waals surface area contributed by atoms with E-state index in [2.05, 4.69) is 5.10 Å². The van der Waals surface area contributed by atoms with Gasteiger partial charge in [-0.3, -0.25) is 4.68 Å². The minimum atomic E-state index is -4.54. The predicted octanol–water partition coefficient (Wildman–Crippen LogP) is 2.26. The first-order valence-corrected chi connectivity index (χ1v) is 7.10. The number of aliphatic hydroxyl groups is 1. The van der Waals surface area contributed by atoms with Gasteiger partial charge in [-0.05, 0) is 24.1 Å². The molecule has 0 aliphatic carbocycles. The number of fused-ring (bicyclic) bond motifs is 1. The molecule has 0 bridgehead atoms. The zero-order valence-corrected chi connectivity index (χ0v) is 12.1. The van der Waals surface area contributed by atoms with Gasteiger partial charge >= 0.3 is 6.18 Å². The maximum absolute atomic E-state index is 13.0. The van der Waals surface area contributed by atoms with Gasteiger partial charge in [0, 0.05) is 18.4 Å². The van der Waals surface area contributed by atoms with Crippen LogP contribution in [-0.2, 0) is 19.1 Å². The molecule has 0 amide bonds. The molecule has 124 valence electrons. The van der Waals surface area contributed by atoms with Gasteiger partial charge in [0.05, 0.1) is 6.54 Å². The number of aromatic nitrogens is 2. The van der Waals surface area contributed by atoms with Crippen LogP contribution in [0, 0.1) is 0 Å². The van der Waals surface area contributed by atoms with Gasteiger partial charge in [0.1, 0.15) is 13.2 Å². The van der Waals surface area contributed by atoms with Crippen LogP contribution in [0.5, 0.6) is 11.5 Å². The van der Waals surface area contributed by atoms with E-state index in [4.69, 9.17) is 14.6 Å². The molecule has 2 aromatic rings. The Morgan fingerprint density at radius 2 is 1.91 bits per heavy atom. The first-order chi connectivity index (χ1) is 11.0. The molecule has 0 fully saturated rings. The molecule has 5 nitrogen and oxygen atoms in total. The van der Waals surface area contributed by atoms with Crippen LogP contribution in [-0.4, -0.2) is 34.7 Å². The zero-order valence-electron chi connectivity index (χ0n) is 12.1. The van der Waals surface area contributed by atoms with Crippen LogP contribution in [0.1, 0.15) is 16.8 Å². The summed E-state index contributed by atoms with van der Waals surface area (Å²) >= 11 is 0. The second-order valence-corrected chi connectivity index (χ2v) is 5.15. The largest absolute Gasteiger partial charge is 0.486 e. The summed E-state index contributed by atoms with van der Waals surface area (Å²) in [6.45, 7) is 0.728. The van der Waals surface area contributed by atoms with E-state index in [0.717, 1.165) is 5.56 Å². The number of aliphatic hydroxyl groups excluding tert-OH is 1. The van der Waals surface area contributed by atoms with Crippen molar-refractivity contribution in [1.29, 1.82) is 0 Å². The summed E-state index contributed by atoms with van der Waals surface area (Å²) < 4.78 is 50.9. The molecule has 0 spiro atoms. The molecule has 1 aromatic carbocycles. The average molecular weight is 328 g/mol. The highest BCUT2D eigenvalue weighted by Crippen LogP contribution is 2.32. The van der Waals surface area contributed by atoms with Crippen LogP contribution in [0.3, 0.4) is 0 Å². The summed E-state index contributed by atoms with van der Waals surface area (Å²) in [5, 5.41) is 12.5. The molecular formula is C15H15F3N2O3. The summed E-state index contributed by atoms with van der Waals surface area (Å²) in [5.41, 5.74) is -0.220. The smallest absolute Gasteiger partial charge is 0.435 e. The van der Waals surface area contributed by atoms with Gasteiger partial charge in [-0.15, -0.1) is 0 Å². The van der Waals surface area contributed by atoms with Crippen molar-refractivity contribution < 1.29 is 27.8 Å². The number of hydrogen-bond acceptors (Lipinski definition) is 4. The van der Waals surface area contributed by atoms with E-state index in [1.165, 1.54) is 10.9 Å². The maximum atomic E-state index is 13.0. The Kier molecular flexibility index (Phi) is 4.16. The van der Waals surface area contributed by atoms with Crippen molar-refractivity contribution in [2.75, 3.05) is 19.8 Å². The fourth-order valence-electron chi connectivity index (χ4n) is 2.46. The van der Waals surface area contributed by atoms with E-state index in [9.17, 15) is 13.2 Å². The Morgan fingerprint density at radius 1 is 1.17 bits per heavy atom. The van der Waals surface area contributed by atoms with Gasteiger partial charge in [0.2, 0.25) is 0 Å². The Balaban J connectivity index is 1.85. The molecule has 0 saturated heterocycles. The standard InChI is InChI=1S/C15H15F3N2O3/c16-15(17,18)14-11(3-4-21)9-20(19-14)8-10-1-2-12-13(7-10)23-6-5-22-12/h1-2,7,9,21H,3-6,8H2. The average Bonchev–Trinajstić information content (AvgIpc) is 2.90. The van der Waals surface area contributed by atoms with Gasteiger partial charge < -0.3 is 14.6 Å². The lowest BCUT2D eigenvalue weighted by Crippen LogP contribution is -2.15. The highest BCUT2D eigenvalue weighted by molar-refractivity contribution is 5.43. The Bertz CT molecular complexity index is 698. The Labute approximate surface area is 130 Å². The molecule has 2 heterocycles. The number of hydrogen-bond donors (Lipinski definition) is 1. The summed E-state index contributed by atoms with van der Waals surface area (Å²) in [7, 11) is 0. The van der Waals surface area contributed by atoms with Crippen LogP contribution in [0.25, 0.3) is 0 Å². The molecule has 3 rings (SSSR count). The molecule has 0 unspecified atom stereocenters. The normalized spacial score (nSPS) is 14.1. The van der Waals surface area contributed by atoms with Gasteiger partial charge in [-0.1, -0.05) is 6.07 Å². The molecule has 1 aliphatic heterocycles. The topological polar surface area (TPSA) is 56.5 Å². The van der Waals surface area contributed by atoms with Gasteiger partial charge in [0.25, 0.3) is 0 Å². The van der Waals surface area contributed by atoms with Crippen LogP contribution < -0.4 is 9.47 Å². The summed E-state index contributed by atoms with van der Waals surface area (Å²) in [4.78, 5) is 0. The van der Waals surface area contributed by atoms with E-state index in [1.807, 2.05) is 0 Å². The Morgan fingerprint density at radius 3 is 2.61 bits per heavy atom. The number of halogens is 3. The van der Waals surface area contributed by atoms with E-state index in [0.29, 0.717) is 24.7 Å². The molecule has 1 aromatic heterocycles. The quantitative estimate of drug-likeness (QED) is 0.935. The lowest BCUT2D eigenvalue weighted by Gasteiger charge is -2.18. The monoisotopic (exact) mass is 328 g/mol. The maximum Gasteiger partial charge on any atom is 0.435 e. The minimum absolute atomic E-state index is 0.0162.